The molecule has 24 heavy (non-hydrogen) atoms. The van der Waals surface area contributed by atoms with Crippen molar-refractivity contribution in [1.82, 2.24) is 9.62 Å². The van der Waals surface area contributed by atoms with E-state index in [-0.39, 0.29) is 23.9 Å². The van der Waals surface area contributed by atoms with Crippen LogP contribution in [-0.2, 0) is 14.8 Å². The van der Waals surface area contributed by atoms with Crippen LogP contribution in [0.4, 0.5) is 0 Å². The van der Waals surface area contributed by atoms with Crippen LogP contribution in [0.2, 0.25) is 0 Å². The third kappa shape index (κ3) is 4.36. The van der Waals surface area contributed by atoms with E-state index in [4.69, 9.17) is 0 Å². The molecular weight excluding hydrogens is 324 g/mol. The number of hydrogen-bond donors (Lipinski definition) is 1. The second-order valence-electron chi connectivity index (χ2n) is 7.71. The number of piperidine rings is 1. The summed E-state index contributed by atoms with van der Waals surface area (Å²) in [6.07, 6.45) is 1.42. The number of amides is 1. The summed E-state index contributed by atoms with van der Waals surface area (Å²) in [6.45, 7) is 10.2. The Morgan fingerprint density at radius 3 is 2.54 bits per heavy atom. The molecule has 2 rings (SSSR count). The van der Waals surface area contributed by atoms with Gasteiger partial charge in [-0.3, -0.25) is 4.79 Å². The highest BCUT2D eigenvalue weighted by Crippen LogP contribution is 2.26. The molecular formula is C18H28N2O3S. The summed E-state index contributed by atoms with van der Waals surface area (Å²) in [5.41, 5.74) is 1.34. The van der Waals surface area contributed by atoms with E-state index in [2.05, 4.69) is 5.32 Å². The average Bonchev–Trinajstić information content (AvgIpc) is 2.48. The van der Waals surface area contributed by atoms with Gasteiger partial charge in [-0.05, 0) is 64.7 Å². The predicted octanol–water partition coefficient (Wildman–Crippen LogP) is 2.62. The van der Waals surface area contributed by atoms with Gasteiger partial charge in [0.15, 0.2) is 0 Å². The van der Waals surface area contributed by atoms with Gasteiger partial charge >= 0.3 is 0 Å². The quantitative estimate of drug-likeness (QED) is 0.909. The molecule has 1 aromatic rings. The van der Waals surface area contributed by atoms with E-state index in [0.717, 1.165) is 17.5 Å². The number of carbonyl (C=O) groups excluding carboxylic acids is 1. The Bertz CT molecular complexity index is 720. The molecule has 134 valence electrons. The smallest absolute Gasteiger partial charge is 0.243 e. The van der Waals surface area contributed by atoms with Crippen molar-refractivity contribution in [3.8, 4) is 0 Å². The summed E-state index contributed by atoms with van der Waals surface area (Å²) in [5, 5.41) is 2.96. The van der Waals surface area contributed by atoms with Crippen LogP contribution in [0.1, 0.15) is 44.7 Å². The summed E-state index contributed by atoms with van der Waals surface area (Å²) in [6, 6.07) is 5.45. The monoisotopic (exact) mass is 352 g/mol. The first kappa shape index (κ1) is 18.9. The summed E-state index contributed by atoms with van der Waals surface area (Å²) < 4.78 is 27.5. The van der Waals surface area contributed by atoms with Crippen molar-refractivity contribution >= 4 is 15.9 Å². The van der Waals surface area contributed by atoms with Crippen LogP contribution in [0.15, 0.2) is 23.1 Å². The first-order chi connectivity index (χ1) is 11.0. The van der Waals surface area contributed by atoms with Gasteiger partial charge in [-0.25, -0.2) is 8.42 Å². The molecule has 1 heterocycles. The molecule has 0 radical (unpaired) electrons. The highest BCUT2D eigenvalue weighted by Gasteiger charge is 2.34. The lowest BCUT2D eigenvalue weighted by atomic mass is 9.97. The van der Waals surface area contributed by atoms with Crippen LogP contribution in [0.3, 0.4) is 0 Å². The lowest BCUT2D eigenvalue weighted by Gasteiger charge is -2.33. The maximum absolute atomic E-state index is 13.0. The standard InChI is InChI=1S/C18H28N2O3S/c1-13-8-9-14(2)16(11-13)24(22,23)20-10-6-7-15(12-20)17(21)19-18(3,4)5/h8-9,11,15H,6-7,10,12H2,1-5H3,(H,19,21). The molecule has 1 amide bonds. The van der Waals surface area contributed by atoms with Crippen LogP contribution in [-0.4, -0.2) is 37.3 Å². The number of carbonyl (C=O) groups is 1. The first-order valence-corrected chi connectivity index (χ1v) is 9.84. The van der Waals surface area contributed by atoms with Crippen molar-refractivity contribution in [2.45, 2.75) is 57.9 Å². The topological polar surface area (TPSA) is 66.5 Å². The van der Waals surface area contributed by atoms with Crippen molar-refractivity contribution in [3.63, 3.8) is 0 Å². The van der Waals surface area contributed by atoms with Gasteiger partial charge in [0.25, 0.3) is 0 Å². The van der Waals surface area contributed by atoms with Gasteiger partial charge < -0.3 is 5.32 Å². The van der Waals surface area contributed by atoms with Gasteiger partial charge in [0.05, 0.1) is 10.8 Å². The number of rotatable bonds is 3. The van der Waals surface area contributed by atoms with Crippen LogP contribution in [0.5, 0.6) is 0 Å². The van der Waals surface area contributed by atoms with E-state index in [1.165, 1.54) is 4.31 Å². The number of sulfonamides is 1. The minimum absolute atomic E-state index is 0.0663. The van der Waals surface area contributed by atoms with Crippen LogP contribution >= 0.6 is 0 Å². The molecule has 1 N–H and O–H groups in total. The average molecular weight is 353 g/mol. The molecule has 0 aliphatic carbocycles. The minimum atomic E-state index is -3.57. The van der Waals surface area contributed by atoms with Gasteiger partial charge in [0.2, 0.25) is 15.9 Å². The van der Waals surface area contributed by atoms with Gasteiger partial charge in [0, 0.05) is 18.6 Å². The molecule has 0 aromatic heterocycles. The molecule has 1 aliphatic heterocycles. The lowest BCUT2D eigenvalue weighted by molar-refractivity contribution is -0.127. The Kier molecular flexibility index (Phi) is 5.40. The Labute approximate surface area is 145 Å². The molecule has 0 bridgehead atoms. The fourth-order valence-corrected chi connectivity index (χ4v) is 4.80. The second-order valence-corrected chi connectivity index (χ2v) is 9.62. The van der Waals surface area contributed by atoms with Crippen molar-refractivity contribution in [2.75, 3.05) is 13.1 Å². The summed E-state index contributed by atoms with van der Waals surface area (Å²) >= 11 is 0. The zero-order valence-corrected chi connectivity index (χ0v) is 16.0. The van der Waals surface area contributed by atoms with Gasteiger partial charge in [-0.2, -0.15) is 4.31 Å². The Morgan fingerprint density at radius 2 is 1.92 bits per heavy atom. The molecule has 1 aromatic carbocycles. The van der Waals surface area contributed by atoms with E-state index in [1.807, 2.05) is 39.8 Å². The third-order valence-corrected chi connectivity index (χ3v) is 6.22. The van der Waals surface area contributed by atoms with Crippen molar-refractivity contribution in [2.24, 2.45) is 5.92 Å². The number of aryl methyl sites for hydroxylation is 2. The molecule has 0 spiro atoms. The fraction of sp³-hybridized carbons (Fsp3) is 0.611. The minimum Gasteiger partial charge on any atom is -0.351 e. The lowest BCUT2D eigenvalue weighted by Crippen LogP contribution is -2.49. The van der Waals surface area contributed by atoms with Crippen LogP contribution in [0, 0.1) is 19.8 Å². The van der Waals surface area contributed by atoms with E-state index < -0.39 is 10.0 Å². The van der Waals surface area contributed by atoms with E-state index >= 15 is 0 Å². The van der Waals surface area contributed by atoms with E-state index in [9.17, 15) is 13.2 Å². The van der Waals surface area contributed by atoms with Crippen molar-refractivity contribution in [3.05, 3.63) is 29.3 Å². The maximum Gasteiger partial charge on any atom is 0.243 e. The number of nitrogens with one attached hydrogen (secondary N) is 1. The predicted molar refractivity (Wildman–Crippen MR) is 95.3 cm³/mol. The SMILES string of the molecule is Cc1ccc(C)c(S(=O)(=O)N2CCCC(C(=O)NC(C)(C)C)C2)c1. The Morgan fingerprint density at radius 1 is 1.25 bits per heavy atom. The molecule has 0 saturated carbocycles. The van der Waals surface area contributed by atoms with Gasteiger partial charge in [0.1, 0.15) is 0 Å². The highest BCUT2D eigenvalue weighted by atomic mass is 32.2. The number of nitrogens with zero attached hydrogens (tertiary/aromatic N) is 1. The van der Waals surface area contributed by atoms with Crippen LogP contribution < -0.4 is 5.32 Å². The fourth-order valence-electron chi connectivity index (χ4n) is 2.97. The molecule has 5 nitrogen and oxygen atoms in total. The molecule has 1 unspecified atom stereocenters. The zero-order valence-electron chi connectivity index (χ0n) is 15.2. The number of benzene rings is 1. The highest BCUT2D eigenvalue weighted by molar-refractivity contribution is 7.89. The maximum atomic E-state index is 13.0. The third-order valence-electron chi connectivity index (χ3n) is 4.21. The number of hydrogen-bond acceptors (Lipinski definition) is 3. The Balaban J connectivity index is 2.22. The van der Waals surface area contributed by atoms with Crippen LogP contribution in [0.25, 0.3) is 0 Å². The van der Waals surface area contributed by atoms with Crippen molar-refractivity contribution in [1.29, 1.82) is 0 Å². The van der Waals surface area contributed by atoms with Gasteiger partial charge in [-0.1, -0.05) is 12.1 Å². The van der Waals surface area contributed by atoms with Gasteiger partial charge in [-0.15, -0.1) is 0 Å². The Hall–Kier alpha value is -1.40. The zero-order chi connectivity index (χ0) is 18.1. The second kappa shape index (κ2) is 6.84. The van der Waals surface area contributed by atoms with E-state index in [0.29, 0.717) is 17.9 Å². The summed E-state index contributed by atoms with van der Waals surface area (Å²) in [5.74, 6) is -0.360. The summed E-state index contributed by atoms with van der Waals surface area (Å²) in [7, 11) is -3.57. The first-order valence-electron chi connectivity index (χ1n) is 8.40. The molecule has 1 saturated heterocycles. The molecule has 6 heteroatoms. The van der Waals surface area contributed by atoms with Crippen molar-refractivity contribution < 1.29 is 13.2 Å². The van der Waals surface area contributed by atoms with E-state index in [1.54, 1.807) is 13.0 Å². The normalized spacial score (nSPS) is 20.0. The molecule has 1 aliphatic rings. The molecule has 1 atom stereocenters. The summed E-state index contributed by atoms with van der Waals surface area (Å²) in [4.78, 5) is 12.8. The molecule has 1 fully saturated rings. The largest absolute Gasteiger partial charge is 0.351 e.